The van der Waals surface area contributed by atoms with Crippen LogP contribution in [0.5, 0.6) is 0 Å². The van der Waals surface area contributed by atoms with E-state index < -0.39 is 18.7 Å². The second-order valence-corrected chi connectivity index (χ2v) is 1.78. The van der Waals surface area contributed by atoms with Crippen LogP contribution < -0.4 is 5.73 Å². The molecule has 0 aromatic heterocycles. The maximum Gasteiger partial charge on any atom is 0.217 e. The Morgan fingerprint density at radius 1 is 2.00 bits per heavy atom. The van der Waals surface area contributed by atoms with Crippen LogP contribution in [-0.4, -0.2) is 5.91 Å². The lowest BCUT2D eigenvalue weighted by atomic mass is 10.1. The summed E-state index contributed by atoms with van der Waals surface area (Å²) in [4.78, 5) is 10.4. The molecule has 0 aliphatic carbocycles. The molecule has 1 amide bonds. The molecule has 0 aromatic carbocycles. The third kappa shape index (κ3) is 3.65. The Labute approximate surface area is 54.3 Å². The predicted octanol–water partition coefficient (Wildman–Crippen LogP) is 0.908. The van der Waals surface area contributed by atoms with E-state index in [-0.39, 0.29) is 6.42 Å². The average molecular weight is 118 g/mol. The van der Waals surface area contributed by atoms with Gasteiger partial charge < -0.3 is 5.73 Å². The van der Waals surface area contributed by atoms with Gasteiger partial charge in [-0.15, -0.1) is 0 Å². The Balaban J connectivity index is 4.07. The average Bonchev–Trinajstić information content (AvgIpc) is 1.79. The number of hydrogen-bond acceptors (Lipinski definition) is 1. The molecule has 0 rings (SSSR count). The van der Waals surface area contributed by atoms with E-state index in [1.165, 1.54) is 0 Å². The van der Waals surface area contributed by atoms with Gasteiger partial charge in [-0.1, -0.05) is 20.2 Å². The SMILES string of the molecule is [2H]C([2H])([2H])C(CC)CC(N)=O. The molecule has 48 valence electrons. The summed E-state index contributed by atoms with van der Waals surface area (Å²) in [7, 11) is 0. The van der Waals surface area contributed by atoms with E-state index in [0.29, 0.717) is 6.42 Å². The van der Waals surface area contributed by atoms with Crippen molar-refractivity contribution in [2.75, 3.05) is 0 Å². The number of amides is 1. The molecule has 0 aliphatic rings. The van der Waals surface area contributed by atoms with Gasteiger partial charge in [0.05, 0.1) is 0 Å². The van der Waals surface area contributed by atoms with Gasteiger partial charge in [-0.05, 0) is 5.92 Å². The number of nitrogens with two attached hydrogens (primary N) is 1. The highest BCUT2D eigenvalue weighted by Gasteiger charge is 2.00. The quantitative estimate of drug-likeness (QED) is 0.588. The molecular formula is C6H13NO. The van der Waals surface area contributed by atoms with E-state index in [1.54, 1.807) is 6.92 Å². The van der Waals surface area contributed by atoms with Crippen LogP contribution in [0.3, 0.4) is 0 Å². The van der Waals surface area contributed by atoms with E-state index in [2.05, 4.69) is 0 Å². The Morgan fingerprint density at radius 3 is 2.75 bits per heavy atom. The lowest BCUT2D eigenvalue weighted by Crippen LogP contribution is -2.13. The van der Waals surface area contributed by atoms with Crippen molar-refractivity contribution in [3.8, 4) is 0 Å². The molecule has 0 aromatic rings. The van der Waals surface area contributed by atoms with Gasteiger partial charge in [0.2, 0.25) is 5.91 Å². The van der Waals surface area contributed by atoms with Gasteiger partial charge in [-0.25, -0.2) is 0 Å². The smallest absolute Gasteiger partial charge is 0.217 e. The molecule has 2 heteroatoms. The zero-order valence-corrected chi connectivity index (χ0v) is 4.98. The zero-order valence-electron chi connectivity index (χ0n) is 7.98. The molecular weight excluding hydrogens is 102 g/mol. The first-order valence-electron chi connectivity index (χ1n) is 4.16. The molecule has 0 radical (unpaired) electrons. The number of carbonyl (C=O) groups is 1. The van der Waals surface area contributed by atoms with Gasteiger partial charge in [0, 0.05) is 10.5 Å². The van der Waals surface area contributed by atoms with Crippen molar-refractivity contribution in [1.29, 1.82) is 0 Å². The Morgan fingerprint density at radius 2 is 2.62 bits per heavy atom. The first-order chi connectivity index (χ1) is 4.88. The minimum Gasteiger partial charge on any atom is -0.370 e. The Bertz CT molecular complexity index is 143. The van der Waals surface area contributed by atoms with E-state index in [9.17, 15) is 4.79 Å². The molecule has 0 saturated carbocycles. The van der Waals surface area contributed by atoms with Crippen LogP contribution in [0.15, 0.2) is 0 Å². The van der Waals surface area contributed by atoms with E-state index >= 15 is 0 Å². The summed E-state index contributed by atoms with van der Waals surface area (Å²) in [6.45, 7) is -0.316. The largest absolute Gasteiger partial charge is 0.370 e. The summed E-state index contributed by atoms with van der Waals surface area (Å²) in [5.41, 5.74) is 4.88. The van der Waals surface area contributed by atoms with Crippen LogP contribution in [0.2, 0.25) is 0 Å². The third-order valence-electron chi connectivity index (χ3n) is 0.940. The molecule has 2 N–H and O–H groups in total. The summed E-state index contributed by atoms with van der Waals surface area (Å²) in [6, 6.07) is 0. The summed E-state index contributed by atoms with van der Waals surface area (Å²) in [6.07, 6.45) is 0.409. The molecule has 2 nitrogen and oxygen atoms in total. The highest BCUT2D eigenvalue weighted by molar-refractivity contribution is 5.73. The van der Waals surface area contributed by atoms with Crippen LogP contribution in [-0.2, 0) is 4.79 Å². The lowest BCUT2D eigenvalue weighted by molar-refractivity contribution is -0.118. The molecule has 0 saturated heterocycles. The number of hydrogen-bond donors (Lipinski definition) is 1. The standard InChI is InChI=1S/C6H13NO/c1-3-5(2)4-6(7)8/h5H,3-4H2,1-2H3,(H2,7,8)/i2D3. The first-order valence-corrected chi connectivity index (χ1v) is 2.66. The number of carbonyl (C=O) groups excluding carboxylic acids is 1. The van der Waals surface area contributed by atoms with Gasteiger partial charge in [0.25, 0.3) is 0 Å². The maximum atomic E-state index is 10.4. The van der Waals surface area contributed by atoms with Crippen LogP contribution in [0.1, 0.15) is 30.7 Å². The van der Waals surface area contributed by atoms with Gasteiger partial charge in [-0.2, -0.15) is 0 Å². The first kappa shape index (κ1) is 3.49. The van der Waals surface area contributed by atoms with Crippen molar-refractivity contribution in [1.82, 2.24) is 0 Å². The zero-order chi connectivity index (χ0) is 9.07. The Kier molecular flexibility index (Phi) is 1.51. The van der Waals surface area contributed by atoms with E-state index in [4.69, 9.17) is 9.85 Å². The molecule has 8 heavy (non-hydrogen) atoms. The van der Waals surface area contributed by atoms with Crippen molar-refractivity contribution in [2.45, 2.75) is 26.6 Å². The van der Waals surface area contributed by atoms with Gasteiger partial charge in [0.15, 0.2) is 0 Å². The van der Waals surface area contributed by atoms with Crippen LogP contribution >= 0.6 is 0 Å². The van der Waals surface area contributed by atoms with Gasteiger partial charge in [-0.3, -0.25) is 4.79 Å². The fourth-order valence-electron chi connectivity index (χ4n) is 0.387. The number of rotatable bonds is 3. The highest BCUT2D eigenvalue weighted by Crippen LogP contribution is 2.03. The van der Waals surface area contributed by atoms with Crippen LogP contribution in [0.25, 0.3) is 0 Å². The second kappa shape index (κ2) is 3.47. The summed E-state index contributed by atoms with van der Waals surface area (Å²) in [5.74, 6) is -1.13. The van der Waals surface area contributed by atoms with Crippen molar-refractivity contribution in [3.05, 3.63) is 0 Å². The Hall–Kier alpha value is -0.530. The molecule has 0 aliphatic heterocycles. The summed E-state index contributed by atoms with van der Waals surface area (Å²) >= 11 is 0. The fraction of sp³-hybridized carbons (Fsp3) is 0.833. The summed E-state index contributed by atoms with van der Waals surface area (Å²) in [5, 5.41) is 0. The lowest BCUT2D eigenvalue weighted by Gasteiger charge is -2.01. The maximum absolute atomic E-state index is 10.4. The summed E-state index contributed by atoms with van der Waals surface area (Å²) < 4.78 is 21.0. The van der Waals surface area contributed by atoms with Crippen molar-refractivity contribution in [3.63, 3.8) is 0 Å². The molecule has 1 atom stereocenters. The van der Waals surface area contributed by atoms with E-state index in [0.717, 1.165) is 0 Å². The third-order valence-corrected chi connectivity index (χ3v) is 0.940. The molecule has 0 bridgehead atoms. The molecule has 0 fully saturated rings. The predicted molar refractivity (Wildman–Crippen MR) is 33.3 cm³/mol. The monoisotopic (exact) mass is 118 g/mol. The van der Waals surface area contributed by atoms with Crippen molar-refractivity contribution in [2.24, 2.45) is 11.7 Å². The van der Waals surface area contributed by atoms with E-state index in [1.807, 2.05) is 0 Å². The minimum absolute atomic E-state index is 0.0486. The van der Waals surface area contributed by atoms with Crippen LogP contribution in [0, 0.1) is 5.92 Å². The highest BCUT2D eigenvalue weighted by atomic mass is 16.1. The van der Waals surface area contributed by atoms with Gasteiger partial charge in [0.1, 0.15) is 0 Å². The fourth-order valence-corrected chi connectivity index (χ4v) is 0.387. The molecule has 0 heterocycles. The second-order valence-electron chi connectivity index (χ2n) is 1.78. The number of primary amides is 1. The normalized spacial score (nSPS) is 20.4. The van der Waals surface area contributed by atoms with Gasteiger partial charge >= 0.3 is 0 Å². The minimum atomic E-state index is -2.05. The molecule has 1 unspecified atom stereocenters. The topological polar surface area (TPSA) is 43.1 Å². The van der Waals surface area contributed by atoms with Crippen LogP contribution in [0.4, 0.5) is 0 Å². The van der Waals surface area contributed by atoms with Crippen molar-refractivity contribution < 1.29 is 8.91 Å². The molecule has 0 spiro atoms. The van der Waals surface area contributed by atoms with Crippen molar-refractivity contribution >= 4 is 5.91 Å².